The Morgan fingerprint density at radius 2 is 1.75 bits per heavy atom. The Bertz CT molecular complexity index is 694. The zero-order chi connectivity index (χ0) is 16.9. The van der Waals surface area contributed by atoms with E-state index < -0.39 is 0 Å². The van der Waals surface area contributed by atoms with E-state index in [0.29, 0.717) is 24.3 Å². The first kappa shape index (κ1) is 16.5. The average molecular weight is 327 g/mol. The molecule has 1 heterocycles. The van der Waals surface area contributed by atoms with E-state index in [1.807, 2.05) is 11.0 Å². The Labute approximate surface area is 141 Å². The molecule has 2 aromatic carbocycles. The van der Waals surface area contributed by atoms with Gasteiger partial charge in [0.2, 0.25) is 0 Å². The van der Waals surface area contributed by atoms with E-state index in [4.69, 9.17) is 5.73 Å². The van der Waals surface area contributed by atoms with Gasteiger partial charge in [0.25, 0.3) is 5.91 Å². The summed E-state index contributed by atoms with van der Waals surface area (Å²) >= 11 is 0. The molecule has 0 atom stereocenters. The number of piperazine rings is 1. The number of nitrogen functional groups attached to an aromatic ring is 1. The Kier molecular flexibility index (Phi) is 5.11. The van der Waals surface area contributed by atoms with E-state index in [1.165, 1.54) is 6.07 Å². The van der Waals surface area contributed by atoms with Crippen LogP contribution in [0.3, 0.4) is 0 Å². The van der Waals surface area contributed by atoms with Gasteiger partial charge in [0, 0.05) is 44.0 Å². The molecule has 2 aromatic rings. The molecule has 0 saturated carbocycles. The van der Waals surface area contributed by atoms with Crippen molar-refractivity contribution in [3.8, 4) is 0 Å². The van der Waals surface area contributed by atoms with Gasteiger partial charge >= 0.3 is 0 Å². The molecule has 0 unspecified atom stereocenters. The lowest BCUT2D eigenvalue weighted by Gasteiger charge is -2.34. The Balaban J connectivity index is 1.48. The Morgan fingerprint density at radius 3 is 2.42 bits per heavy atom. The van der Waals surface area contributed by atoms with Crippen LogP contribution in [0.1, 0.15) is 15.9 Å². The molecule has 3 rings (SSSR count). The first-order chi connectivity index (χ1) is 11.6. The van der Waals surface area contributed by atoms with Crippen LogP contribution in [0.15, 0.2) is 48.5 Å². The number of nitrogens with zero attached hydrogens (tertiary/aromatic N) is 2. The molecule has 1 aliphatic rings. The van der Waals surface area contributed by atoms with Crippen LogP contribution in [-0.2, 0) is 6.42 Å². The molecule has 1 amide bonds. The first-order valence-corrected chi connectivity index (χ1v) is 8.23. The predicted molar refractivity (Wildman–Crippen MR) is 93.3 cm³/mol. The van der Waals surface area contributed by atoms with Gasteiger partial charge in [-0.05, 0) is 48.4 Å². The monoisotopic (exact) mass is 327 g/mol. The fourth-order valence-electron chi connectivity index (χ4n) is 2.96. The molecule has 1 aliphatic heterocycles. The molecule has 24 heavy (non-hydrogen) atoms. The van der Waals surface area contributed by atoms with E-state index in [0.717, 1.165) is 31.6 Å². The normalized spacial score (nSPS) is 15.5. The zero-order valence-corrected chi connectivity index (χ0v) is 13.6. The maximum Gasteiger partial charge on any atom is 0.253 e. The summed E-state index contributed by atoms with van der Waals surface area (Å²) in [5.41, 5.74) is 8.01. The molecule has 1 saturated heterocycles. The van der Waals surface area contributed by atoms with Gasteiger partial charge < -0.3 is 10.6 Å². The fraction of sp³-hybridized carbons (Fsp3) is 0.316. The van der Waals surface area contributed by atoms with Crippen molar-refractivity contribution in [2.24, 2.45) is 0 Å². The first-order valence-electron chi connectivity index (χ1n) is 8.23. The van der Waals surface area contributed by atoms with Crippen LogP contribution in [0, 0.1) is 5.82 Å². The second kappa shape index (κ2) is 7.45. The Hall–Kier alpha value is -2.40. The van der Waals surface area contributed by atoms with Crippen LogP contribution in [0.2, 0.25) is 0 Å². The van der Waals surface area contributed by atoms with Gasteiger partial charge in [0.1, 0.15) is 5.82 Å². The number of hydrogen-bond donors (Lipinski definition) is 1. The van der Waals surface area contributed by atoms with Gasteiger partial charge in [-0.2, -0.15) is 0 Å². The van der Waals surface area contributed by atoms with E-state index >= 15 is 0 Å². The van der Waals surface area contributed by atoms with E-state index in [2.05, 4.69) is 4.90 Å². The number of anilines is 1. The van der Waals surface area contributed by atoms with Gasteiger partial charge in [0.15, 0.2) is 0 Å². The van der Waals surface area contributed by atoms with Crippen LogP contribution < -0.4 is 5.73 Å². The number of nitrogens with two attached hydrogens (primary N) is 1. The van der Waals surface area contributed by atoms with E-state index in [9.17, 15) is 9.18 Å². The lowest BCUT2D eigenvalue weighted by Crippen LogP contribution is -2.49. The third-order valence-electron chi connectivity index (χ3n) is 4.42. The molecular weight excluding hydrogens is 305 g/mol. The zero-order valence-electron chi connectivity index (χ0n) is 13.6. The largest absolute Gasteiger partial charge is 0.399 e. The highest BCUT2D eigenvalue weighted by Crippen LogP contribution is 2.12. The van der Waals surface area contributed by atoms with Crippen LogP contribution in [0.4, 0.5) is 10.1 Å². The topological polar surface area (TPSA) is 49.6 Å². The minimum Gasteiger partial charge on any atom is -0.399 e. The van der Waals surface area contributed by atoms with Gasteiger partial charge in [-0.25, -0.2) is 4.39 Å². The van der Waals surface area contributed by atoms with Crippen LogP contribution in [0.25, 0.3) is 0 Å². The Morgan fingerprint density at radius 1 is 1.04 bits per heavy atom. The molecule has 1 fully saturated rings. The number of benzene rings is 2. The van der Waals surface area contributed by atoms with Gasteiger partial charge in [-0.15, -0.1) is 0 Å². The molecule has 0 radical (unpaired) electrons. The number of carbonyl (C=O) groups excluding carboxylic acids is 1. The standard InChI is InChI=1S/C19H22FN3O/c20-17-3-1-2-15(14-17)8-9-22-10-12-23(13-11-22)19(24)16-4-6-18(21)7-5-16/h1-7,14H,8-13,21H2. The van der Waals surface area contributed by atoms with Crippen molar-refractivity contribution < 1.29 is 9.18 Å². The van der Waals surface area contributed by atoms with Crippen molar-refractivity contribution in [3.63, 3.8) is 0 Å². The molecule has 4 nitrogen and oxygen atoms in total. The van der Waals surface area contributed by atoms with Crippen molar-refractivity contribution in [1.29, 1.82) is 0 Å². The molecule has 0 aromatic heterocycles. The number of carbonyl (C=O) groups is 1. The predicted octanol–water partition coefficient (Wildman–Crippen LogP) is 2.41. The number of halogens is 1. The lowest BCUT2D eigenvalue weighted by molar-refractivity contribution is 0.0638. The van der Waals surface area contributed by atoms with Crippen molar-refractivity contribution in [2.45, 2.75) is 6.42 Å². The second-order valence-electron chi connectivity index (χ2n) is 6.14. The molecule has 0 spiro atoms. The maximum absolute atomic E-state index is 13.2. The van der Waals surface area contributed by atoms with E-state index in [1.54, 1.807) is 36.4 Å². The van der Waals surface area contributed by atoms with Gasteiger partial charge in [-0.1, -0.05) is 12.1 Å². The summed E-state index contributed by atoms with van der Waals surface area (Å²) in [5, 5.41) is 0. The summed E-state index contributed by atoms with van der Waals surface area (Å²) in [6, 6.07) is 13.8. The molecular formula is C19H22FN3O. The average Bonchev–Trinajstić information content (AvgIpc) is 2.61. The van der Waals surface area contributed by atoms with Crippen molar-refractivity contribution in [3.05, 3.63) is 65.5 Å². The summed E-state index contributed by atoms with van der Waals surface area (Å²) in [5.74, 6) is -0.133. The van der Waals surface area contributed by atoms with Crippen LogP contribution >= 0.6 is 0 Å². The maximum atomic E-state index is 13.2. The van der Waals surface area contributed by atoms with Crippen LogP contribution in [0.5, 0.6) is 0 Å². The molecule has 0 bridgehead atoms. The highest BCUT2D eigenvalue weighted by molar-refractivity contribution is 5.94. The summed E-state index contributed by atoms with van der Waals surface area (Å²) in [6.07, 6.45) is 0.823. The minimum atomic E-state index is -0.189. The van der Waals surface area contributed by atoms with E-state index in [-0.39, 0.29) is 11.7 Å². The summed E-state index contributed by atoms with van der Waals surface area (Å²) in [6.45, 7) is 4.00. The van der Waals surface area contributed by atoms with Crippen LogP contribution in [-0.4, -0.2) is 48.4 Å². The summed E-state index contributed by atoms with van der Waals surface area (Å²) in [7, 11) is 0. The summed E-state index contributed by atoms with van der Waals surface area (Å²) in [4.78, 5) is 16.7. The quantitative estimate of drug-likeness (QED) is 0.878. The number of hydrogen-bond acceptors (Lipinski definition) is 3. The molecule has 5 heteroatoms. The van der Waals surface area contributed by atoms with Gasteiger partial charge in [-0.3, -0.25) is 9.69 Å². The third-order valence-corrected chi connectivity index (χ3v) is 4.42. The SMILES string of the molecule is Nc1ccc(C(=O)N2CCN(CCc3cccc(F)c3)CC2)cc1. The fourth-order valence-corrected chi connectivity index (χ4v) is 2.96. The number of amides is 1. The molecule has 2 N–H and O–H groups in total. The second-order valence-corrected chi connectivity index (χ2v) is 6.14. The van der Waals surface area contributed by atoms with Crippen molar-refractivity contribution in [1.82, 2.24) is 9.80 Å². The summed E-state index contributed by atoms with van der Waals surface area (Å²) < 4.78 is 13.2. The highest BCUT2D eigenvalue weighted by Gasteiger charge is 2.21. The van der Waals surface area contributed by atoms with Gasteiger partial charge in [0.05, 0.1) is 0 Å². The van der Waals surface area contributed by atoms with Crippen molar-refractivity contribution in [2.75, 3.05) is 38.5 Å². The molecule has 126 valence electrons. The third kappa shape index (κ3) is 4.11. The van der Waals surface area contributed by atoms with Crippen molar-refractivity contribution >= 4 is 11.6 Å². The smallest absolute Gasteiger partial charge is 0.253 e. The lowest BCUT2D eigenvalue weighted by atomic mass is 10.1. The highest BCUT2D eigenvalue weighted by atomic mass is 19.1. The molecule has 0 aliphatic carbocycles. The minimum absolute atomic E-state index is 0.0554. The number of rotatable bonds is 4.